The molecular formula is C21H23N3O6. The van der Waals surface area contributed by atoms with E-state index in [2.05, 4.69) is 5.32 Å². The van der Waals surface area contributed by atoms with Crippen molar-refractivity contribution in [2.24, 2.45) is 0 Å². The standard InChI is InChI=1S/C21H23N3O6/c1-12-18(21(27)23-7-9-30-10-8-23)19(20-14(22-12)3-2-4-17(20)26)13-5-6-16(25)15(11-13)24(28)29/h5-6,11,19,22,25H,2-4,7-10H2,1H3/t19-/m0/s1. The Bertz CT molecular complexity index is 990. The number of carbonyl (C=O) groups excluding carboxylic acids is 2. The van der Waals surface area contributed by atoms with Gasteiger partial charge in [-0.05, 0) is 31.4 Å². The zero-order valence-electron chi connectivity index (χ0n) is 16.6. The topological polar surface area (TPSA) is 122 Å². The first kappa shape index (κ1) is 20.1. The van der Waals surface area contributed by atoms with E-state index < -0.39 is 22.3 Å². The summed E-state index contributed by atoms with van der Waals surface area (Å²) in [5, 5.41) is 24.5. The number of nitro benzene ring substituents is 1. The highest BCUT2D eigenvalue weighted by atomic mass is 16.6. The minimum absolute atomic E-state index is 0.0655. The molecule has 1 amide bonds. The predicted octanol–water partition coefficient (Wildman–Crippen LogP) is 2.13. The summed E-state index contributed by atoms with van der Waals surface area (Å²) in [7, 11) is 0. The number of Topliss-reactive ketones (excluding diaryl/α,β-unsaturated/α-hetero) is 1. The lowest BCUT2D eigenvalue weighted by Crippen LogP contribution is -2.44. The monoisotopic (exact) mass is 413 g/mol. The number of amides is 1. The number of ketones is 1. The summed E-state index contributed by atoms with van der Waals surface area (Å²) in [6, 6.07) is 4.05. The average Bonchev–Trinajstić information content (AvgIpc) is 2.73. The zero-order valence-corrected chi connectivity index (χ0v) is 16.6. The Morgan fingerprint density at radius 2 is 2.03 bits per heavy atom. The van der Waals surface area contributed by atoms with Gasteiger partial charge in [0, 0.05) is 54.0 Å². The van der Waals surface area contributed by atoms with Crippen LogP contribution in [0.2, 0.25) is 0 Å². The second kappa shape index (κ2) is 7.91. The molecule has 0 aromatic heterocycles. The maximum Gasteiger partial charge on any atom is 0.310 e. The molecule has 1 aromatic rings. The minimum Gasteiger partial charge on any atom is -0.502 e. The van der Waals surface area contributed by atoms with E-state index in [0.29, 0.717) is 68.0 Å². The molecule has 0 bridgehead atoms. The Balaban J connectivity index is 1.86. The number of morpholine rings is 1. The minimum atomic E-state index is -0.719. The van der Waals surface area contributed by atoms with Gasteiger partial charge >= 0.3 is 5.69 Å². The summed E-state index contributed by atoms with van der Waals surface area (Å²) in [6.07, 6.45) is 1.76. The average molecular weight is 413 g/mol. The fourth-order valence-electron chi connectivity index (χ4n) is 4.40. The molecule has 4 rings (SSSR count). The van der Waals surface area contributed by atoms with Crippen LogP contribution >= 0.6 is 0 Å². The second-order valence-corrected chi connectivity index (χ2v) is 7.68. The first-order valence-corrected chi connectivity index (χ1v) is 9.97. The van der Waals surface area contributed by atoms with Gasteiger partial charge < -0.3 is 20.1 Å². The van der Waals surface area contributed by atoms with Gasteiger partial charge in [0.25, 0.3) is 5.91 Å². The molecule has 30 heavy (non-hydrogen) atoms. The van der Waals surface area contributed by atoms with E-state index in [1.165, 1.54) is 12.1 Å². The number of aromatic hydroxyl groups is 1. The van der Waals surface area contributed by atoms with Gasteiger partial charge in [0.2, 0.25) is 0 Å². The highest BCUT2D eigenvalue weighted by molar-refractivity contribution is 6.05. The van der Waals surface area contributed by atoms with Crippen LogP contribution in [-0.2, 0) is 14.3 Å². The van der Waals surface area contributed by atoms with Gasteiger partial charge in [0.15, 0.2) is 11.5 Å². The molecule has 158 valence electrons. The van der Waals surface area contributed by atoms with Crippen molar-refractivity contribution < 1.29 is 24.4 Å². The Morgan fingerprint density at radius 1 is 1.30 bits per heavy atom. The summed E-state index contributed by atoms with van der Waals surface area (Å²) in [5.74, 6) is -1.45. The zero-order chi connectivity index (χ0) is 21.4. The summed E-state index contributed by atoms with van der Waals surface area (Å²) in [6.45, 7) is 3.55. The van der Waals surface area contributed by atoms with Crippen molar-refractivity contribution in [1.29, 1.82) is 0 Å². The van der Waals surface area contributed by atoms with E-state index in [0.717, 1.165) is 5.70 Å². The molecule has 0 radical (unpaired) electrons. The maximum atomic E-state index is 13.5. The first-order chi connectivity index (χ1) is 14.4. The third-order valence-corrected chi connectivity index (χ3v) is 5.83. The van der Waals surface area contributed by atoms with E-state index in [9.17, 15) is 24.8 Å². The van der Waals surface area contributed by atoms with Gasteiger partial charge in [-0.1, -0.05) is 6.07 Å². The molecule has 2 N–H and O–H groups in total. The highest BCUT2D eigenvalue weighted by Gasteiger charge is 2.40. The summed E-state index contributed by atoms with van der Waals surface area (Å²) in [4.78, 5) is 38.8. The lowest BCUT2D eigenvalue weighted by Gasteiger charge is -2.37. The molecule has 9 heteroatoms. The number of phenols is 1. The van der Waals surface area contributed by atoms with Crippen LogP contribution in [0.1, 0.15) is 37.7 Å². The van der Waals surface area contributed by atoms with E-state index >= 15 is 0 Å². The van der Waals surface area contributed by atoms with E-state index in [4.69, 9.17) is 4.74 Å². The number of carbonyl (C=O) groups is 2. The van der Waals surface area contributed by atoms with Crippen LogP contribution < -0.4 is 5.32 Å². The van der Waals surface area contributed by atoms with Crippen LogP contribution in [0.4, 0.5) is 5.69 Å². The number of allylic oxidation sites excluding steroid dienone is 3. The Kier molecular flexibility index (Phi) is 5.29. The van der Waals surface area contributed by atoms with Crippen LogP contribution in [-0.4, -0.2) is 52.9 Å². The number of nitro groups is 1. The molecule has 1 aromatic carbocycles. The SMILES string of the molecule is CC1=C(C(=O)N2CCOCC2)[C@H](c2ccc(O)c([N+](=O)[O-])c2)C2=C(CCCC2=O)N1. The molecule has 0 saturated carbocycles. The van der Waals surface area contributed by atoms with Crippen molar-refractivity contribution in [1.82, 2.24) is 10.2 Å². The Labute approximate surface area is 173 Å². The van der Waals surface area contributed by atoms with Crippen LogP contribution in [0.25, 0.3) is 0 Å². The molecule has 1 fully saturated rings. The van der Waals surface area contributed by atoms with Crippen molar-refractivity contribution in [3.63, 3.8) is 0 Å². The summed E-state index contributed by atoms with van der Waals surface area (Å²) >= 11 is 0. The first-order valence-electron chi connectivity index (χ1n) is 9.97. The van der Waals surface area contributed by atoms with Crippen molar-refractivity contribution in [3.8, 4) is 5.75 Å². The Morgan fingerprint density at radius 3 is 2.73 bits per heavy atom. The summed E-state index contributed by atoms with van der Waals surface area (Å²) < 4.78 is 5.34. The van der Waals surface area contributed by atoms with Crippen LogP contribution in [0, 0.1) is 10.1 Å². The highest BCUT2D eigenvalue weighted by Crippen LogP contribution is 2.44. The van der Waals surface area contributed by atoms with Crippen LogP contribution in [0.5, 0.6) is 5.75 Å². The smallest absolute Gasteiger partial charge is 0.310 e. The molecule has 1 saturated heterocycles. The van der Waals surface area contributed by atoms with Crippen molar-refractivity contribution >= 4 is 17.4 Å². The number of phenolic OH excluding ortho intramolecular Hbond substituents is 1. The molecular weight excluding hydrogens is 390 g/mol. The van der Waals surface area contributed by atoms with Gasteiger partial charge in [-0.2, -0.15) is 0 Å². The molecule has 1 atom stereocenters. The molecule has 0 unspecified atom stereocenters. The number of nitrogens with one attached hydrogen (secondary N) is 1. The third-order valence-electron chi connectivity index (χ3n) is 5.83. The molecule has 2 heterocycles. The second-order valence-electron chi connectivity index (χ2n) is 7.68. The number of rotatable bonds is 3. The summed E-state index contributed by atoms with van der Waals surface area (Å²) in [5.41, 5.74) is 2.30. The molecule has 3 aliphatic rings. The Hall–Kier alpha value is -3.20. The largest absolute Gasteiger partial charge is 0.502 e. The number of nitrogens with zero attached hydrogens (tertiary/aromatic N) is 2. The van der Waals surface area contributed by atoms with Gasteiger partial charge in [-0.3, -0.25) is 19.7 Å². The molecule has 1 aliphatic carbocycles. The molecule has 0 spiro atoms. The lowest BCUT2D eigenvalue weighted by atomic mass is 9.74. The molecule has 2 aliphatic heterocycles. The van der Waals surface area contributed by atoms with Crippen molar-refractivity contribution in [2.45, 2.75) is 32.1 Å². The van der Waals surface area contributed by atoms with Crippen LogP contribution in [0.3, 0.4) is 0 Å². The van der Waals surface area contributed by atoms with E-state index in [1.54, 1.807) is 17.9 Å². The lowest BCUT2D eigenvalue weighted by molar-refractivity contribution is -0.385. The van der Waals surface area contributed by atoms with Gasteiger partial charge in [-0.25, -0.2) is 0 Å². The van der Waals surface area contributed by atoms with Gasteiger partial charge in [-0.15, -0.1) is 0 Å². The predicted molar refractivity (Wildman–Crippen MR) is 107 cm³/mol. The number of hydrogen-bond acceptors (Lipinski definition) is 7. The third kappa shape index (κ3) is 3.45. The quantitative estimate of drug-likeness (QED) is 0.575. The normalized spacial score (nSPS) is 22.0. The van der Waals surface area contributed by atoms with Crippen LogP contribution in [0.15, 0.2) is 40.7 Å². The number of benzene rings is 1. The number of ether oxygens (including phenoxy) is 1. The van der Waals surface area contributed by atoms with E-state index in [-0.39, 0.29) is 11.7 Å². The number of hydrogen-bond donors (Lipinski definition) is 2. The fraction of sp³-hybridized carbons (Fsp3) is 0.429. The van der Waals surface area contributed by atoms with Gasteiger partial charge in [0.1, 0.15) is 0 Å². The molecule has 9 nitrogen and oxygen atoms in total. The van der Waals surface area contributed by atoms with Gasteiger partial charge in [0.05, 0.1) is 18.1 Å². The fourth-order valence-corrected chi connectivity index (χ4v) is 4.40. The van der Waals surface area contributed by atoms with Crippen molar-refractivity contribution in [2.75, 3.05) is 26.3 Å². The van der Waals surface area contributed by atoms with Crippen molar-refractivity contribution in [3.05, 3.63) is 56.4 Å². The maximum absolute atomic E-state index is 13.5. The van der Waals surface area contributed by atoms with E-state index in [1.807, 2.05) is 0 Å². The number of dihydropyridines is 1.